The summed E-state index contributed by atoms with van der Waals surface area (Å²) in [6.45, 7) is 3.60. The van der Waals surface area contributed by atoms with Gasteiger partial charge < -0.3 is 5.11 Å². The van der Waals surface area contributed by atoms with Gasteiger partial charge in [0, 0.05) is 5.88 Å². The Morgan fingerprint density at radius 2 is 1.93 bits per heavy atom. The van der Waals surface area contributed by atoms with Crippen molar-refractivity contribution >= 4 is 23.6 Å². The number of alkyl halides is 1. The first-order valence-electron chi connectivity index (χ1n) is 4.63. The van der Waals surface area contributed by atoms with Gasteiger partial charge in [0.05, 0.1) is 5.56 Å². The third-order valence-electron chi connectivity index (χ3n) is 2.17. The van der Waals surface area contributed by atoms with Crippen LogP contribution in [0.15, 0.2) is 18.2 Å². The molecule has 0 aromatic heterocycles. The third-order valence-corrected chi connectivity index (χ3v) is 2.35. The van der Waals surface area contributed by atoms with Gasteiger partial charge in [-0.1, -0.05) is 24.3 Å². The second-order valence-corrected chi connectivity index (χ2v) is 3.70. The number of aryl methyl sites for hydroxylation is 2. The lowest BCUT2D eigenvalue weighted by Crippen LogP contribution is -2.03. The van der Waals surface area contributed by atoms with Crippen LogP contribution >= 0.6 is 11.6 Å². The van der Waals surface area contributed by atoms with E-state index in [1.54, 1.807) is 13.8 Å². The van der Waals surface area contributed by atoms with Gasteiger partial charge in [0.25, 0.3) is 0 Å². The van der Waals surface area contributed by atoms with Crippen LogP contribution in [0.25, 0.3) is 6.08 Å². The molecular weight excluding hydrogens is 212 g/mol. The topological polar surface area (TPSA) is 37.3 Å². The van der Waals surface area contributed by atoms with Crippen molar-refractivity contribution in [3.8, 4) is 0 Å². The smallest absolute Gasteiger partial charge is 0.336 e. The Labute approximate surface area is 94.2 Å². The van der Waals surface area contributed by atoms with E-state index in [2.05, 4.69) is 0 Å². The van der Waals surface area contributed by atoms with E-state index >= 15 is 0 Å². The zero-order valence-electron chi connectivity index (χ0n) is 8.75. The Morgan fingerprint density at radius 1 is 1.40 bits per heavy atom. The Morgan fingerprint density at radius 3 is 2.33 bits per heavy atom. The highest BCUT2D eigenvalue weighted by Crippen LogP contribution is 2.17. The van der Waals surface area contributed by atoms with Crippen LogP contribution in [0.2, 0.25) is 0 Å². The number of aromatic carboxylic acids is 1. The van der Waals surface area contributed by atoms with E-state index in [1.165, 1.54) is 0 Å². The van der Waals surface area contributed by atoms with E-state index in [-0.39, 0.29) is 0 Å². The molecule has 1 N–H and O–H groups in total. The van der Waals surface area contributed by atoms with E-state index in [4.69, 9.17) is 16.7 Å². The number of carboxylic acids is 1. The molecule has 1 rings (SSSR count). The maximum absolute atomic E-state index is 10.9. The molecule has 0 heterocycles. The van der Waals surface area contributed by atoms with Gasteiger partial charge in [-0.25, -0.2) is 4.79 Å². The number of hydrogen-bond acceptors (Lipinski definition) is 1. The summed E-state index contributed by atoms with van der Waals surface area (Å²) in [4.78, 5) is 10.9. The molecule has 0 aliphatic heterocycles. The molecule has 0 amide bonds. The predicted octanol–water partition coefficient (Wildman–Crippen LogP) is 3.25. The van der Waals surface area contributed by atoms with Crippen LogP contribution < -0.4 is 0 Å². The summed E-state index contributed by atoms with van der Waals surface area (Å²) in [6, 6.07) is 3.69. The number of hydrogen-bond donors (Lipinski definition) is 1. The van der Waals surface area contributed by atoms with Gasteiger partial charge in [0.2, 0.25) is 0 Å². The quantitative estimate of drug-likeness (QED) is 0.801. The maximum atomic E-state index is 10.9. The van der Waals surface area contributed by atoms with E-state index in [9.17, 15) is 4.79 Å². The highest BCUT2D eigenvalue weighted by atomic mass is 35.5. The fourth-order valence-electron chi connectivity index (χ4n) is 1.61. The molecule has 80 valence electrons. The van der Waals surface area contributed by atoms with Gasteiger partial charge in [-0.05, 0) is 30.5 Å². The van der Waals surface area contributed by atoms with Gasteiger partial charge in [-0.3, -0.25) is 0 Å². The van der Waals surface area contributed by atoms with Crippen molar-refractivity contribution in [3.63, 3.8) is 0 Å². The zero-order valence-corrected chi connectivity index (χ0v) is 9.51. The number of benzene rings is 1. The fraction of sp³-hybridized carbons (Fsp3) is 0.250. The molecule has 0 aliphatic carbocycles. The summed E-state index contributed by atoms with van der Waals surface area (Å²) >= 11 is 5.53. The normalized spacial score (nSPS) is 10.9. The van der Waals surface area contributed by atoms with E-state index < -0.39 is 5.97 Å². The largest absolute Gasteiger partial charge is 0.478 e. The monoisotopic (exact) mass is 224 g/mol. The predicted molar refractivity (Wildman–Crippen MR) is 62.6 cm³/mol. The van der Waals surface area contributed by atoms with Crippen molar-refractivity contribution < 1.29 is 9.90 Å². The molecule has 0 saturated heterocycles. The maximum Gasteiger partial charge on any atom is 0.336 e. The molecule has 0 fully saturated rings. The molecule has 15 heavy (non-hydrogen) atoms. The van der Waals surface area contributed by atoms with Crippen LogP contribution in [0.5, 0.6) is 0 Å². The Hall–Kier alpha value is -1.28. The molecule has 2 nitrogen and oxygen atoms in total. The van der Waals surface area contributed by atoms with Crippen molar-refractivity contribution in [2.75, 3.05) is 5.88 Å². The minimum Gasteiger partial charge on any atom is -0.478 e. The fourth-order valence-corrected chi connectivity index (χ4v) is 1.70. The van der Waals surface area contributed by atoms with Crippen LogP contribution in [-0.2, 0) is 0 Å². The molecule has 0 atom stereocenters. The summed E-state index contributed by atoms with van der Waals surface area (Å²) in [5.41, 5.74) is 2.92. The van der Waals surface area contributed by atoms with Gasteiger partial charge >= 0.3 is 5.97 Å². The van der Waals surface area contributed by atoms with Gasteiger partial charge in [-0.2, -0.15) is 0 Å². The van der Waals surface area contributed by atoms with Gasteiger partial charge in [-0.15, -0.1) is 11.6 Å². The zero-order chi connectivity index (χ0) is 11.4. The molecular formula is C12H13ClO2. The Bertz CT molecular complexity index is 385. The Balaban J connectivity index is 3.19. The lowest BCUT2D eigenvalue weighted by atomic mass is 9.99. The summed E-state index contributed by atoms with van der Waals surface area (Å²) < 4.78 is 0. The third kappa shape index (κ3) is 2.83. The van der Waals surface area contributed by atoms with Crippen molar-refractivity contribution in [1.29, 1.82) is 0 Å². The Kier molecular flexibility index (Phi) is 3.92. The summed E-state index contributed by atoms with van der Waals surface area (Å²) in [5, 5.41) is 8.97. The number of rotatable bonds is 3. The number of carbonyl (C=O) groups is 1. The average molecular weight is 225 g/mol. The molecule has 0 saturated carbocycles. The minimum absolute atomic E-state index is 0.387. The van der Waals surface area contributed by atoms with Crippen molar-refractivity contribution in [2.45, 2.75) is 13.8 Å². The molecule has 0 spiro atoms. The molecule has 0 radical (unpaired) electrons. The number of allylic oxidation sites excluding steroid dienone is 1. The van der Waals surface area contributed by atoms with E-state index in [1.807, 2.05) is 24.3 Å². The summed E-state index contributed by atoms with van der Waals surface area (Å²) in [5.74, 6) is -0.420. The molecule has 1 aromatic rings. The highest BCUT2D eigenvalue weighted by molar-refractivity contribution is 6.19. The second kappa shape index (κ2) is 4.99. The SMILES string of the molecule is Cc1cc(C=CCCl)cc(C)c1C(=O)O. The van der Waals surface area contributed by atoms with Crippen LogP contribution in [0.4, 0.5) is 0 Å². The summed E-state index contributed by atoms with van der Waals surface area (Å²) in [7, 11) is 0. The van der Waals surface area contributed by atoms with Crippen molar-refractivity contribution in [3.05, 3.63) is 40.5 Å². The van der Waals surface area contributed by atoms with Crippen LogP contribution in [-0.4, -0.2) is 17.0 Å². The first-order chi connectivity index (χ1) is 7.06. The van der Waals surface area contributed by atoms with Crippen molar-refractivity contribution in [1.82, 2.24) is 0 Å². The molecule has 0 unspecified atom stereocenters. The van der Waals surface area contributed by atoms with Crippen LogP contribution in [0.3, 0.4) is 0 Å². The first kappa shape index (κ1) is 11.8. The average Bonchev–Trinajstić information content (AvgIpc) is 2.12. The number of carboxylic acid groups (broad SMARTS) is 1. The molecule has 1 aromatic carbocycles. The van der Waals surface area contributed by atoms with Crippen molar-refractivity contribution in [2.24, 2.45) is 0 Å². The van der Waals surface area contributed by atoms with Crippen LogP contribution in [0, 0.1) is 13.8 Å². The lowest BCUT2D eigenvalue weighted by molar-refractivity contribution is 0.0695. The standard InChI is InChI=1S/C12H13ClO2/c1-8-6-10(4-3-5-13)7-9(2)11(8)12(14)15/h3-4,6-7H,5H2,1-2H3,(H,14,15). The van der Waals surface area contributed by atoms with Crippen LogP contribution in [0.1, 0.15) is 27.0 Å². The van der Waals surface area contributed by atoms with Gasteiger partial charge in [0.1, 0.15) is 0 Å². The minimum atomic E-state index is -0.877. The van der Waals surface area contributed by atoms with Gasteiger partial charge in [0.15, 0.2) is 0 Å². The number of halogens is 1. The molecule has 0 aliphatic rings. The summed E-state index contributed by atoms with van der Waals surface area (Å²) in [6.07, 6.45) is 3.72. The van der Waals surface area contributed by atoms with E-state index in [0.29, 0.717) is 11.4 Å². The molecule has 0 bridgehead atoms. The molecule has 3 heteroatoms. The first-order valence-corrected chi connectivity index (χ1v) is 5.16. The van der Waals surface area contributed by atoms with E-state index in [0.717, 1.165) is 16.7 Å². The highest BCUT2D eigenvalue weighted by Gasteiger charge is 2.10. The lowest BCUT2D eigenvalue weighted by Gasteiger charge is -2.06. The second-order valence-electron chi connectivity index (χ2n) is 3.39.